The van der Waals surface area contributed by atoms with E-state index in [1.54, 1.807) is 0 Å². The summed E-state index contributed by atoms with van der Waals surface area (Å²) in [4.78, 5) is 0. The summed E-state index contributed by atoms with van der Waals surface area (Å²) in [7, 11) is 0. The normalized spacial score (nSPS) is 8.71. The monoisotopic (exact) mass is 210 g/mol. The molecule has 0 bridgehead atoms. The van der Waals surface area contributed by atoms with Gasteiger partial charge in [0.25, 0.3) is 0 Å². The molecule has 0 aliphatic rings. The minimum atomic E-state index is 1.22. The first kappa shape index (κ1) is 13.2. The first-order chi connectivity index (χ1) is 6.85. The van der Waals surface area contributed by atoms with Gasteiger partial charge in [-0.05, 0) is 23.9 Å². The summed E-state index contributed by atoms with van der Waals surface area (Å²) >= 11 is 4.76. The van der Waals surface area contributed by atoms with Gasteiger partial charge in [0.1, 0.15) is 0 Å². The maximum atomic E-state index is 4.76. The van der Waals surface area contributed by atoms with Crippen molar-refractivity contribution in [3.05, 3.63) is 48.0 Å². The number of rotatable bonds is 4. The van der Waals surface area contributed by atoms with Crippen LogP contribution in [0.15, 0.2) is 42.4 Å². The molecule has 0 aliphatic heterocycles. The molecule has 0 unspecified atom stereocenters. The van der Waals surface area contributed by atoms with Crippen molar-refractivity contribution < 1.29 is 0 Å². The van der Waals surface area contributed by atoms with Gasteiger partial charge in [0.2, 0.25) is 0 Å². The SMILES string of the molecule is C=CCl.CCCCCc1ccccc1. The average molecular weight is 211 g/mol. The third-order valence-electron chi connectivity index (χ3n) is 1.91. The molecule has 78 valence electrons. The zero-order valence-electron chi connectivity index (χ0n) is 8.88. The fraction of sp³-hybridized carbons (Fsp3) is 0.385. The van der Waals surface area contributed by atoms with E-state index in [9.17, 15) is 0 Å². The molecule has 0 heterocycles. The Morgan fingerprint density at radius 3 is 2.29 bits per heavy atom. The fourth-order valence-corrected chi connectivity index (χ4v) is 1.22. The highest BCUT2D eigenvalue weighted by molar-refractivity contribution is 6.25. The van der Waals surface area contributed by atoms with E-state index in [1.807, 2.05) is 0 Å². The number of benzene rings is 1. The van der Waals surface area contributed by atoms with Crippen molar-refractivity contribution >= 4 is 11.6 Å². The molecular weight excluding hydrogens is 192 g/mol. The Hall–Kier alpha value is -0.750. The lowest BCUT2D eigenvalue weighted by Gasteiger charge is -1.98. The third-order valence-corrected chi connectivity index (χ3v) is 1.91. The number of unbranched alkanes of at least 4 members (excludes halogenated alkanes) is 2. The van der Waals surface area contributed by atoms with Crippen molar-refractivity contribution in [3.8, 4) is 0 Å². The van der Waals surface area contributed by atoms with E-state index in [0.29, 0.717) is 0 Å². The van der Waals surface area contributed by atoms with Crippen LogP contribution in [0.25, 0.3) is 0 Å². The second-order valence-corrected chi connectivity index (χ2v) is 3.41. The van der Waals surface area contributed by atoms with Crippen molar-refractivity contribution in [2.75, 3.05) is 0 Å². The van der Waals surface area contributed by atoms with Crippen LogP contribution in [0.5, 0.6) is 0 Å². The van der Waals surface area contributed by atoms with Crippen LogP contribution in [0, 0.1) is 0 Å². The van der Waals surface area contributed by atoms with Crippen LogP contribution >= 0.6 is 11.6 Å². The predicted octanol–water partition coefficient (Wildman–Crippen LogP) is 4.79. The molecule has 14 heavy (non-hydrogen) atoms. The highest BCUT2D eigenvalue weighted by Gasteiger charge is 1.89. The maximum Gasteiger partial charge on any atom is -0.00296 e. The zero-order chi connectivity index (χ0) is 10.6. The summed E-state index contributed by atoms with van der Waals surface area (Å²) < 4.78 is 0. The van der Waals surface area contributed by atoms with Gasteiger partial charge in [-0.2, -0.15) is 0 Å². The Morgan fingerprint density at radius 1 is 1.21 bits per heavy atom. The standard InChI is InChI=1S/C11H16.C2H3Cl/c1-2-3-5-8-11-9-6-4-7-10-11;1-2-3/h4,6-7,9-10H,2-3,5,8H2,1H3;2H,1H2. The van der Waals surface area contributed by atoms with E-state index in [2.05, 4.69) is 43.8 Å². The van der Waals surface area contributed by atoms with E-state index in [4.69, 9.17) is 11.6 Å². The van der Waals surface area contributed by atoms with Gasteiger partial charge in [-0.15, -0.1) is 0 Å². The lowest BCUT2D eigenvalue weighted by molar-refractivity contribution is 0.717. The van der Waals surface area contributed by atoms with Crippen LogP contribution in [-0.4, -0.2) is 0 Å². The summed E-state index contributed by atoms with van der Waals surface area (Å²) in [5, 5.41) is 0. The summed E-state index contributed by atoms with van der Waals surface area (Å²) in [6, 6.07) is 10.7. The van der Waals surface area contributed by atoms with Gasteiger partial charge in [-0.3, -0.25) is 0 Å². The molecule has 0 N–H and O–H groups in total. The van der Waals surface area contributed by atoms with E-state index in [1.165, 1.54) is 36.8 Å². The summed E-state index contributed by atoms with van der Waals surface area (Å²) in [5.74, 6) is 0. The van der Waals surface area contributed by atoms with Crippen molar-refractivity contribution in [2.45, 2.75) is 32.6 Å². The molecule has 0 atom stereocenters. The van der Waals surface area contributed by atoms with Crippen molar-refractivity contribution in [1.82, 2.24) is 0 Å². The van der Waals surface area contributed by atoms with Crippen molar-refractivity contribution in [2.24, 2.45) is 0 Å². The van der Waals surface area contributed by atoms with E-state index >= 15 is 0 Å². The smallest absolute Gasteiger partial charge is 0.00296 e. The van der Waals surface area contributed by atoms with Crippen LogP contribution in [0.1, 0.15) is 31.7 Å². The molecule has 0 radical (unpaired) electrons. The second-order valence-electron chi connectivity index (χ2n) is 3.10. The van der Waals surface area contributed by atoms with Gasteiger partial charge in [0.05, 0.1) is 0 Å². The number of hydrogen-bond donors (Lipinski definition) is 0. The minimum Gasteiger partial charge on any atom is -0.0936 e. The first-order valence-electron chi connectivity index (χ1n) is 5.10. The maximum absolute atomic E-state index is 4.76. The predicted molar refractivity (Wildman–Crippen MR) is 65.7 cm³/mol. The Bertz CT molecular complexity index is 216. The molecule has 1 aromatic carbocycles. The molecule has 0 amide bonds. The molecule has 0 nitrogen and oxygen atoms in total. The Kier molecular flexibility index (Phi) is 9.78. The topological polar surface area (TPSA) is 0 Å². The Morgan fingerprint density at radius 2 is 1.79 bits per heavy atom. The minimum absolute atomic E-state index is 1.22. The van der Waals surface area contributed by atoms with Crippen molar-refractivity contribution in [3.63, 3.8) is 0 Å². The molecule has 0 aliphatic carbocycles. The third kappa shape index (κ3) is 7.88. The van der Waals surface area contributed by atoms with Gasteiger partial charge < -0.3 is 0 Å². The zero-order valence-corrected chi connectivity index (χ0v) is 9.63. The quantitative estimate of drug-likeness (QED) is 0.627. The molecular formula is C13H19Cl. The Balaban J connectivity index is 0.000000500. The van der Waals surface area contributed by atoms with Gasteiger partial charge >= 0.3 is 0 Å². The van der Waals surface area contributed by atoms with Crippen LogP contribution in [0.4, 0.5) is 0 Å². The molecule has 0 fully saturated rings. The number of hydrogen-bond acceptors (Lipinski definition) is 0. The number of aryl methyl sites for hydroxylation is 1. The molecule has 0 aromatic heterocycles. The molecule has 0 saturated heterocycles. The van der Waals surface area contributed by atoms with Crippen LogP contribution in [0.2, 0.25) is 0 Å². The van der Waals surface area contributed by atoms with Gasteiger partial charge in [-0.25, -0.2) is 0 Å². The summed E-state index contributed by atoms with van der Waals surface area (Å²) in [6.07, 6.45) is 5.25. The highest BCUT2D eigenvalue weighted by Crippen LogP contribution is 2.05. The molecule has 1 heteroatoms. The van der Waals surface area contributed by atoms with E-state index < -0.39 is 0 Å². The van der Waals surface area contributed by atoms with E-state index in [-0.39, 0.29) is 0 Å². The van der Waals surface area contributed by atoms with E-state index in [0.717, 1.165) is 0 Å². The summed E-state index contributed by atoms with van der Waals surface area (Å²) in [5.41, 5.74) is 2.70. The first-order valence-corrected chi connectivity index (χ1v) is 5.53. The second kappa shape index (κ2) is 10.3. The Labute approximate surface area is 92.6 Å². The lowest BCUT2D eigenvalue weighted by atomic mass is 10.1. The molecule has 1 rings (SSSR count). The molecule has 0 spiro atoms. The van der Waals surface area contributed by atoms with Crippen molar-refractivity contribution in [1.29, 1.82) is 0 Å². The van der Waals surface area contributed by atoms with Crippen LogP contribution in [-0.2, 0) is 6.42 Å². The average Bonchev–Trinajstić information content (AvgIpc) is 2.21. The lowest BCUT2D eigenvalue weighted by Crippen LogP contribution is -1.83. The largest absolute Gasteiger partial charge is 0.0936 e. The van der Waals surface area contributed by atoms with Gasteiger partial charge in [-0.1, -0.05) is 68.3 Å². The molecule has 1 aromatic rings. The van der Waals surface area contributed by atoms with Crippen LogP contribution in [0.3, 0.4) is 0 Å². The van der Waals surface area contributed by atoms with Crippen LogP contribution < -0.4 is 0 Å². The summed E-state index contributed by atoms with van der Waals surface area (Å²) in [6.45, 7) is 5.37. The number of halogens is 1. The van der Waals surface area contributed by atoms with Gasteiger partial charge in [0.15, 0.2) is 0 Å². The molecule has 0 saturated carbocycles. The highest BCUT2D eigenvalue weighted by atomic mass is 35.5. The fourth-order valence-electron chi connectivity index (χ4n) is 1.22. The van der Waals surface area contributed by atoms with Gasteiger partial charge in [0, 0.05) is 0 Å².